The van der Waals surface area contributed by atoms with Crippen molar-refractivity contribution >= 4 is 34.7 Å². The number of hydrogen-bond donors (Lipinski definition) is 3. The third kappa shape index (κ3) is 5.20. The summed E-state index contributed by atoms with van der Waals surface area (Å²) in [6, 6.07) is 8.26. The van der Waals surface area contributed by atoms with E-state index in [1.165, 1.54) is 17.0 Å². The van der Waals surface area contributed by atoms with Crippen LogP contribution < -0.4 is 16.0 Å². The Morgan fingerprint density at radius 3 is 2.52 bits per heavy atom. The molecule has 1 aromatic heterocycles. The molecular weight excluding hydrogens is 393 g/mol. The van der Waals surface area contributed by atoms with Gasteiger partial charge in [0.1, 0.15) is 5.82 Å². The summed E-state index contributed by atoms with van der Waals surface area (Å²) >= 11 is 1.69. The van der Waals surface area contributed by atoms with E-state index >= 15 is 0 Å². The SMILES string of the molecule is Cc1ccc(NC(=O)C(=O)NCC(=O)NCC2(c3cccs3)CCCC2)cc1F. The first-order valence-electron chi connectivity index (χ1n) is 9.56. The maximum Gasteiger partial charge on any atom is 0.313 e. The molecular formula is C21H24FN3O3S. The lowest BCUT2D eigenvalue weighted by Crippen LogP contribution is -2.45. The van der Waals surface area contributed by atoms with Crippen molar-refractivity contribution in [3.63, 3.8) is 0 Å². The van der Waals surface area contributed by atoms with Gasteiger partial charge in [0.25, 0.3) is 0 Å². The van der Waals surface area contributed by atoms with E-state index in [4.69, 9.17) is 0 Å². The van der Waals surface area contributed by atoms with Crippen molar-refractivity contribution in [2.75, 3.05) is 18.4 Å². The maximum absolute atomic E-state index is 13.5. The van der Waals surface area contributed by atoms with Gasteiger partial charge in [0, 0.05) is 22.5 Å². The van der Waals surface area contributed by atoms with Crippen molar-refractivity contribution in [3.8, 4) is 0 Å². The quantitative estimate of drug-likeness (QED) is 0.632. The Labute approximate surface area is 172 Å². The Morgan fingerprint density at radius 2 is 1.86 bits per heavy atom. The number of thiophene rings is 1. The minimum atomic E-state index is -0.952. The van der Waals surface area contributed by atoms with Crippen LogP contribution in [-0.2, 0) is 19.8 Å². The summed E-state index contributed by atoms with van der Waals surface area (Å²) in [5.74, 6) is -2.73. The molecule has 2 aromatic rings. The normalized spacial score (nSPS) is 15.0. The lowest BCUT2D eigenvalue weighted by Gasteiger charge is -2.28. The third-order valence-corrected chi connectivity index (χ3v) is 6.39. The molecule has 0 spiro atoms. The van der Waals surface area contributed by atoms with Crippen LogP contribution in [0, 0.1) is 12.7 Å². The Hall–Kier alpha value is -2.74. The van der Waals surface area contributed by atoms with Gasteiger partial charge in [-0.05, 0) is 48.9 Å². The van der Waals surface area contributed by atoms with E-state index in [0.29, 0.717) is 12.1 Å². The van der Waals surface area contributed by atoms with Gasteiger partial charge >= 0.3 is 11.8 Å². The Bertz CT molecular complexity index is 893. The van der Waals surface area contributed by atoms with Crippen molar-refractivity contribution in [1.82, 2.24) is 10.6 Å². The molecule has 8 heteroatoms. The molecule has 1 aliphatic carbocycles. The van der Waals surface area contributed by atoms with Gasteiger partial charge in [0.15, 0.2) is 0 Å². The molecule has 1 saturated carbocycles. The molecule has 1 aliphatic rings. The molecule has 29 heavy (non-hydrogen) atoms. The van der Waals surface area contributed by atoms with Crippen LogP contribution in [-0.4, -0.2) is 30.8 Å². The van der Waals surface area contributed by atoms with E-state index in [1.807, 2.05) is 11.4 Å². The summed E-state index contributed by atoms with van der Waals surface area (Å²) in [5, 5.41) is 9.53. The van der Waals surface area contributed by atoms with E-state index in [0.717, 1.165) is 31.7 Å². The average Bonchev–Trinajstić information content (AvgIpc) is 3.40. The molecule has 0 aliphatic heterocycles. The molecule has 1 heterocycles. The highest BCUT2D eigenvalue weighted by molar-refractivity contribution is 7.10. The smallest absolute Gasteiger partial charge is 0.313 e. The first-order chi connectivity index (χ1) is 13.9. The minimum absolute atomic E-state index is 0.0409. The molecule has 3 amide bonds. The van der Waals surface area contributed by atoms with Crippen molar-refractivity contribution in [2.24, 2.45) is 0 Å². The van der Waals surface area contributed by atoms with Crippen LogP contribution in [0.2, 0.25) is 0 Å². The van der Waals surface area contributed by atoms with Crippen LogP contribution in [0.3, 0.4) is 0 Å². The van der Waals surface area contributed by atoms with E-state index in [2.05, 4.69) is 22.0 Å². The topological polar surface area (TPSA) is 87.3 Å². The summed E-state index contributed by atoms with van der Waals surface area (Å²) < 4.78 is 13.5. The van der Waals surface area contributed by atoms with Crippen LogP contribution >= 0.6 is 11.3 Å². The molecule has 3 rings (SSSR count). The fourth-order valence-corrected chi connectivity index (χ4v) is 4.56. The second kappa shape index (κ2) is 9.17. The zero-order valence-corrected chi connectivity index (χ0v) is 17.0. The van der Waals surface area contributed by atoms with Gasteiger partial charge in [0.05, 0.1) is 6.54 Å². The Balaban J connectivity index is 1.46. The summed E-state index contributed by atoms with van der Waals surface area (Å²) in [7, 11) is 0. The molecule has 0 unspecified atom stereocenters. The first kappa shape index (κ1) is 21.0. The lowest BCUT2D eigenvalue weighted by atomic mass is 9.84. The fraction of sp³-hybridized carbons (Fsp3) is 0.381. The number of carbonyl (C=O) groups excluding carboxylic acids is 3. The monoisotopic (exact) mass is 417 g/mol. The molecule has 0 radical (unpaired) electrons. The van der Waals surface area contributed by atoms with Crippen molar-refractivity contribution in [2.45, 2.75) is 38.0 Å². The number of rotatable bonds is 6. The van der Waals surface area contributed by atoms with Crippen molar-refractivity contribution in [1.29, 1.82) is 0 Å². The number of benzene rings is 1. The van der Waals surface area contributed by atoms with E-state index < -0.39 is 17.6 Å². The maximum atomic E-state index is 13.5. The van der Waals surface area contributed by atoms with Gasteiger partial charge in [-0.25, -0.2) is 4.39 Å². The number of aryl methyl sites for hydroxylation is 1. The Morgan fingerprint density at radius 1 is 1.10 bits per heavy atom. The minimum Gasteiger partial charge on any atom is -0.354 e. The molecule has 0 saturated heterocycles. The molecule has 1 fully saturated rings. The first-order valence-corrected chi connectivity index (χ1v) is 10.4. The summed E-state index contributed by atoms with van der Waals surface area (Å²) in [6.45, 7) is 1.81. The van der Waals surface area contributed by atoms with E-state index in [-0.39, 0.29) is 23.6 Å². The van der Waals surface area contributed by atoms with Crippen LogP contribution in [0.5, 0.6) is 0 Å². The predicted molar refractivity (Wildman–Crippen MR) is 110 cm³/mol. The second-order valence-electron chi connectivity index (χ2n) is 7.34. The van der Waals surface area contributed by atoms with Gasteiger partial charge in [-0.15, -0.1) is 11.3 Å². The fourth-order valence-electron chi connectivity index (χ4n) is 3.57. The van der Waals surface area contributed by atoms with Crippen molar-refractivity contribution in [3.05, 3.63) is 52.0 Å². The summed E-state index contributed by atoms with van der Waals surface area (Å²) in [5.41, 5.74) is 0.573. The Kier molecular flexibility index (Phi) is 6.64. The highest BCUT2D eigenvalue weighted by Crippen LogP contribution is 2.42. The lowest BCUT2D eigenvalue weighted by molar-refractivity contribution is -0.136. The van der Waals surface area contributed by atoms with Crippen LogP contribution in [0.1, 0.15) is 36.1 Å². The highest BCUT2D eigenvalue weighted by atomic mass is 32.1. The van der Waals surface area contributed by atoms with Gasteiger partial charge < -0.3 is 16.0 Å². The average molecular weight is 418 g/mol. The number of hydrogen-bond acceptors (Lipinski definition) is 4. The van der Waals surface area contributed by atoms with Gasteiger partial charge in [-0.3, -0.25) is 14.4 Å². The number of anilines is 1. The number of carbonyl (C=O) groups is 3. The molecule has 154 valence electrons. The molecule has 6 nitrogen and oxygen atoms in total. The van der Waals surface area contributed by atoms with Gasteiger partial charge in [-0.1, -0.05) is 25.0 Å². The second-order valence-corrected chi connectivity index (χ2v) is 8.29. The van der Waals surface area contributed by atoms with Crippen LogP contribution in [0.15, 0.2) is 35.7 Å². The summed E-state index contributed by atoms with van der Waals surface area (Å²) in [4.78, 5) is 37.3. The van der Waals surface area contributed by atoms with E-state index in [1.54, 1.807) is 18.3 Å². The predicted octanol–water partition coefficient (Wildman–Crippen LogP) is 2.88. The van der Waals surface area contributed by atoms with Crippen molar-refractivity contribution < 1.29 is 18.8 Å². The van der Waals surface area contributed by atoms with Crippen LogP contribution in [0.4, 0.5) is 10.1 Å². The highest BCUT2D eigenvalue weighted by Gasteiger charge is 2.36. The third-order valence-electron chi connectivity index (χ3n) is 5.27. The molecule has 0 atom stereocenters. The van der Waals surface area contributed by atoms with Crippen LogP contribution in [0.25, 0.3) is 0 Å². The van der Waals surface area contributed by atoms with Gasteiger partial charge in [0.2, 0.25) is 5.91 Å². The molecule has 3 N–H and O–H groups in total. The number of amides is 3. The molecule has 1 aromatic carbocycles. The number of nitrogens with one attached hydrogen (secondary N) is 3. The largest absolute Gasteiger partial charge is 0.354 e. The molecule has 0 bridgehead atoms. The van der Waals surface area contributed by atoms with Gasteiger partial charge in [-0.2, -0.15) is 0 Å². The standard InChI is InChI=1S/C21H24FN3O3S/c1-14-6-7-15(11-16(14)22)25-20(28)19(27)23-12-18(26)24-13-21(8-2-3-9-21)17-5-4-10-29-17/h4-7,10-11H,2-3,8-9,12-13H2,1H3,(H,23,27)(H,24,26)(H,25,28). The zero-order valence-electron chi connectivity index (χ0n) is 16.2. The zero-order chi connectivity index (χ0) is 20.9. The van der Waals surface area contributed by atoms with E-state index in [9.17, 15) is 18.8 Å². The number of halogens is 1. The summed E-state index contributed by atoms with van der Waals surface area (Å²) in [6.07, 6.45) is 4.31.